The molecule has 3 rings (SSSR count). The number of aromatic nitrogens is 2. The summed E-state index contributed by atoms with van der Waals surface area (Å²) in [4.78, 5) is 0. The summed E-state index contributed by atoms with van der Waals surface area (Å²) in [5, 5.41) is 16.6. The molecule has 1 aromatic carbocycles. The molecule has 0 unspecified atom stereocenters. The molecule has 2 aromatic rings. The summed E-state index contributed by atoms with van der Waals surface area (Å²) in [5.74, 6) is 1.20. The van der Waals surface area contributed by atoms with Crippen LogP contribution >= 0.6 is 15.9 Å². The van der Waals surface area contributed by atoms with Gasteiger partial charge in [-0.05, 0) is 47.5 Å². The molecule has 1 aliphatic heterocycles. The van der Waals surface area contributed by atoms with Crippen LogP contribution in [-0.2, 0) is 0 Å². The van der Waals surface area contributed by atoms with Crippen molar-refractivity contribution in [3.05, 3.63) is 44.9 Å². The smallest absolute Gasteiger partial charge is 0.244 e. The quantitative estimate of drug-likeness (QED) is 0.810. The highest BCUT2D eigenvalue weighted by Gasteiger charge is 2.35. The Bertz CT molecular complexity index is 898. The number of nitrogens with two attached hydrogens (primary N) is 1. The van der Waals surface area contributed by atoms with E-state index in [-0.39, 0.29) is 5.88 Å². The van der Waals surface area contributed by atoms with Gasteiger partial charge in [0.1, 0.15) is 11.6 Å². The van der Waals surface area contributed by atoms with Gasteiger partial charge in [-0.3, -0.25) is 5.10 Å². The molecule has 25 heavy (non-hydrogen) atoms. The Labute approximate surface area is 153 Å². The van der Waals surface area contributed by atoms with Crippen LogP contribution in [0.2, 0.25) is 0 Å². The van der Waals surface area contributed by atoms with Crippen LogP contribution in [0.3, 0.4) is 0 Å². The molecule has 0 amide bonds. The topological polar surface area (TPSA) is 106 Å². The molecule has 8 heteroatoms. The summed E-state index contributed by atoms with van der Waals surface area (Å²) in [7, 11) is 1.57. The fourth-order valence-electron chi connectivity index (χ4n) is 2.92. The molecule has 1 atom stereocenters. The molecule has 0 bridgehead atoms. The largest absolute Gasteiger partial charge is 0.493 e. The van der Waals surface area contributed by atoms with Gasteiger partial charge in [-0.15, -0.1) is 5.10 Å². The molecule has 0 saturated heterocycles. The lowest BCUT2D eigenvalue weighted by atomic mass is 9.84. The number of hydrogen-bond acceptors (Lipinski definition) is 6. The van der Waals surface area contributed by atoms with Crippen LogP contribution in [-0.4, -0.2) is 23.9 Å². The first-order valence-corrected chi connectivity index (χ1v) is 8.43. The number of nitrogens with one attached hydrogen (secondary N) is 1. The Kier molecular flexibility index (Phi) is 4.59. The van der Waals surface area contributed by atoms with Crippen LogP contribution in [0.4, 0.5) is 0 Å². The molecule has 0 saturated carbocycles. The maximum Gasteiger partial charge on any atom is 0.244 e. The lowest BCUT2D eigenvalue weighted by molar-refractivity contribution is 0.308. The van der Waals surface area contributed by atoms with Gasteiger partial charge in [-0.1, -0.05) is 0 Å². The number of allylic oxidation sites excluding steroid dienone is 1. The van der Waals surface area contributed by atoms with E-state index in [0.29, 0.717) is 29.6 Å². The van der Waals surface area contributed by atoms with E-state index in [0.717, 1.165) is 21.3 Å². The molecule has 0 fully saturated rings. The van der Waals surface area contributed by atoms with Crippen molar-refractivity contribution in [3.63, 3.8) is 0 Å². The second kappa shape index (κ2) is 6.69. The summed E-state index contributed by atoms with van der Waals surface area (Å²) in [6, 6.07) is 5.89. The third-order valence-electron chi connectivity index (χ3n) is 4.00. The van der Waals surface area contributed by atoms with E-state index >= 15 is 0 Å². The highest BCUT2D eigenvalue weighted by Crippen LogP contribution is 2.46. The molecule has 7 nitrogen and oxygen atoms in total. The van der Waals surface area contributed by atoms with Crippen molar-refractivity contribution in [1.82, 2.24) is 10.2 Å². The molecule has 1 aliphatic rings. The number of H-pyrrole nitrogens is 1. The number of nitrogens with zero attached hydrogens (tertiary/aromatic N) is 2. The summed E-state index contributed by atoms with van der Waals surface area (Å²) >= 11 is 3.52. The zero-order valence-electron chi connectivity index (χ0n) is 14.0. The number of nitriles is 1. The van der Waals surface area contributed by atoms with Gasteiger partial charge in [0, 0.05) is 11.3 Å². The second-order valence-electron chi connectivity index (χ2n) is 5.46. The van der Waals surface area contributed by atoms with Gasteiger partial charge in [-0.2, -0.15) is 5.26 Å². The number of fused-ring (bicyclic) bond motifs is 1. The molecule has 2 heterocycles. The van der Waals surface area contributed by atoms with Crippen molar-refractivity contribution in [2.45, 2.75) is 19.8 Å². The fourth-order valence-corrected chi connectivity index (χ4v) is 3.50. The molecule has 0 radical (unpaired) electrons. The fraction of sp³-hybridized carbons (Fsp3) is 0.294. The summed E-state index contributed by atoms with van der Waals surface area (Å²) in [5.41, 5.74) is 8.68. The molecule has 3 N–H and O–H groups in total. The minimum absolute atomic E-state index is 0.0514. The first kappa shape index (κ1) is 17.2. The predicted molar refractivity (Wildman–Crippen MR) is 94.5 cm³/mol. The van der Waals surface area contributed by atoms with Gasteiger partial charge in [0.25, 0.3) is 0 Å². The van der Waals surface area contributed by atoms with E-state index in [9.17, 15) is 5.26 Å². The summed E-state index contributed by atoms with van der Waals surface area (Å²) in [6.45, 7) is 4.28. The van der Waals surface area contributed by atoms with Crippen molar-refractivity contribution < 1.29 is 14.2 Å². The van der Waals surface area contributed by atoms with E-state index in [1.807, 2.05) is 26.0 Å². The Balaban J connectivity index is 2.22. The highest BCUT2D eigenvalue weighted by molar-refractivity contribution is 9.10. The standard InChI is InChI=1S/C17H17BrN4O3/c1-4-24-15-11(18)5-9(6-12(15)23-3)14-10(7-19)16(20)25-17-13(14)8(2)21-22-17/h5-6,14H,4,20H2,1-3H3,(H,21,22)/t14-/m1/s1. The number of hydrogen-bond donors (Lipinski definition) is 2. The van der Waals surface area contributed by atoms with Gasteiger partial charge in [0.15, 0.2) is 11.5 Å². The average Bonchev–Trinajstić information content (AvgIpc) is 2.95. The number of methoxy groups -OCH3 is 1. The highest BCUT2D eigenvalue weighted by atomic mass is 79.9. The molecule has 0 aliphatic carbocycles. The first-order chi connectivity index (χ1) is 12.0. The molecule has 130 valence electrons. The minimum atomic E-state index is -0.409. The van der Waals surface area contributed by atoms with Gasteiger partial charge in [-0.25, -0.2) is 0 Å². The van der Waals surface area contributed by atoms with Gasteiger partial charge in [0.05, 0.1) is 24.1 Å². The number of aromatic amines is 1. The number of halogens is 1. The lowest BCUT2D eigenvalue weighted by Gasteiger charge is -2.24. The average molecular weight is 405 g/mol. The summed E-state index contributed by atoms with van der Waals surface area (Å²) in [6.07, 6.45) is 0. The van der Waals surface area contributed by atoms with Crippen molar-refractivity contribution in [1.29, 1.82) is 5.26 Å². The maximum atomic E-state index is 9.62. The van der Waals surface area contributed by atoms with E-state index < -0.39 is 5.92 Å². The van der Waals surface area contributed by atoms with Gasteiger partial charge >= 0.3 is 0 Å². The van der Waals surface area contributed by atoms with Crippen molar-refractivity contribution in [2.75, 3.05) is 13.7 Å². The van der Waals surface area contributed by atoms with Crippen LogP contribution in [0, 0.1) is 18.3 Å². The third-order valence-corrected chi connectivity index (χ3v) is 4.59. The third kappa shape index (κ3) is 2.81. The zero-order valence-corrected chi connectivity index (χ0v) is 15.6. The van der Waals surface area contributed by atoms with Crippen LogP contribution in [0.25, 0.3) is 0 Å². The molecular formula is C17H17BrN4O3. The SMILES string of the molecule is CCOc1c(Br)cc([C@@H]2C(C#N)=C(N)Oc3n[nH]c(C)c32)cc1OC. The first-order valence-electron chi connectivity index (χ1n) is 7.64. The molecule has 0 spiro atoms. The molecule has 1 aromatic heterocycles. The zero-order chi connectivity index (χ0) is 18.1. The number of ether oxygens (including phenoxy) is 3. The van der Waals surface area contributed by atoms with Crippen LogP contribution in [0.1, 0.15) is 29.7 Å². The van der Waals surface area contributed by atoms with E-state index in [4.69, 9.17) is 19.9 Å². The van der Waals surface area contributed by atoms with Crippen molar-refractivity contribution in [2.24, 2.45) is 5.73 Å². The van der Waals surface area contributed by atoms with E-state index in [2.05, 4.69) is 32.2 Å². The monoisotopic (exact) mass is 404 g/mol. The normalized spacial score (nSPS) is 16.0. The predicted octanol–water partition coefficient (Wildman–Crippen LogP) is 3.11. The second-order valence-corrected chi connectivity index (χ2v) is 6.31. The Hall–Kier alpha value is -2.66. The Morgan fingerprint density at radius 3 is 2.88 bits per heavy atom. The van der Waals surface area contributed by atoms with Gasteiger partial charge < -0.3 is 19.9 Å². The van der Waals surface area contributed by atoms with Crippen molar-refractivity contribution >= 4 is 15.9 Å². The maximum absolute atomic E-state index is 9.62. The number of benzene rings is 1. The minimum Gasteiger partial charge on any atom is -0.493 e. The number of rotatable bonds is 4. The Morgan fingerprint density at radius 2 is 2.24 bits per heavy atom. The number of aryl methyl sites for hydroxylation is 1. The van der Waals surface area contributed by atoms with E-state index in [1.165, 1.54) is 0 Å². The Morgan fingerprint density at radius 1 is 1.48 bits per heavy atom. The lowest BCUT2D eigenvalue weighted by Crippen LogP contribution is -2.21. The molecular weight excluding hydrogens is 388 g/mol. The van der Waals surface area contributed by atoms with Gasteiger partial charge in [0.2, 0.25) is 11.8 Å². The van der Waals surface area contributed by atoms with Crippen LogP contribution in [0.15, 0.2) is 28.1 Å². The van der Waals surface area contributed by atoms with Crippen LogP contribution < -0.4 is 19.9 Å². The van der Waals surface area contributed by atoms with E-state index in [1.54, 1.807) is 7.11 Å². The summed E-state index contributed by atoms with van der Waals surface area (Å²) < 4.78 is 17.3. The van der Waals surface area contributed by atoms with Crippen LogP contribution in [0.5, 0.6) is 17.4 Å². The van der Waals surface area contributed by atoms with Crippen molar-refractivity contribution in [3.8, 4) is 23.4 Å².